The molecule has 1 rings (SSSR count). The molecule has 184 valence electrons. The molecule has 0 aromatic heterocycles. The summed E-state index contributed by atoms with van der Waals surface area (Å²) in [6.45, 7) is 11.5. The molecule has 0 aliphatic heterocycles. The van der Waals surface area contributed by atoms with Crippen molar-refractivity contribution in [3.05, 3.63) is 23.8 Å². The van der Waals surface area contributed by atoms with Crippen molar-refractivity contribution in [2.45, 2.75) is 66.7 Å². The van der Waals surface area contributed by atoms with Gasteiger partial charge in [-0.2, -0.15) is 0 Å². The van der Waals surface area contributed by atoms with Crippen LogP contribution in [0.1, 0.15) is 54.0 Å². The Morgan fingerprint density at radius 1 is 0.939 bits per heavy atom. The maximum Gasteiger partial charge on any atom is 0.510 e. The fourth-order valence-corrected chi connectivity index (χ4v) is 2.62. The van der Waals surface area contributed by atoms with Gasteiger partial charge in [0.1, 0.15) is 0 Å². The van der Waals surface area contributed by atoms with Crippen LogP contribution in [0.15, 0.2) is 18.2 Å². The zero-order valence-electron chi connectivity index (χ0n) is 20.1. The second-order valence-corrected chi connectivity index (χ2v) is 8.33. The molecule has 0 unspecified atom stereocenters. The Morgan fingerprint density at radius 3 is 1.94 bits per heavy atom. The zero-order chi connectivity index (χ0) is 25.3. The first-order valence-corrected chi connectivity index (χ1v) is 10.7. The second-order valence-electron chi connectivity index (χ2n) is 8.33. The SMILES string of the molecule is CCOC(=O)O[C@](Cc1ccc(OC(=O)C(C)C)c(OC(=O)C(C)C)c1)(NC(C)C)C(=O)O. The number of carboxylic acid groups (broad SMARTS) is 1. The summed E-state index contributed by atoms with van der Waals surface area (Å²) < 4.78 is 20.7. The second kappa shape index (κ2) is 12.2. The minimum absolute atomic E-state index is 0.00142. The Labute approximate surface area is 193 Å². The minimum Gasteiger partial charge on any atom is -0.477 e. The molecule has 0 fully saturated rings. The fourth-order valence-electron chi connectivity index (χ4n) is 2.62. The third kappa shape index (κ3) is 8.38. The van der Waals surface area contributed by atoms with Gasteiger partial charge in [0, 0.05) is 12.5 Å². The summed E-state index contributed by atoms with van der Waals surface area (Å²) in [7, 11) is 0. The predicted octanol–water partition coefficient (Wildman–Crippen LogP) is 3.30. The van der Waals surface area contributed by atoms with Crippen LogP contribution in [0, 0.1) is 11.8 Å². The molecular formula is C23H33NO9. The first-order chi connectivity index (χ1) is 15.3. The van der Waals surface area contributed by atoms with Crippen LogP contribution in [0.5, 0.6) is 11.5 Å². The lowest BCUT2D eigenvalue weighted by Gasteiger charge is -2.31. The molecule has 0 heterocycles. The molecule has 1 aromatic carbocycles. The highest BCUT2D eigenvalue weighted by molar-refractivity contribution is 5.81. The molecule has 33 heavy (non-hydrogen) atoms. The normalized spacial score (nSPS) is 12.9. The summed E-state index contributed by atoms with van der Waals surface area (Å²) >= 11 is 0. The van der Waals surface area contributed by atoms with Gasteiger partial charge in [-0.3, -0.25) is 14.9 Å². The van der Waals surface area contributed by atoms with Gasteiger partial charge in [0.15, 0.2) is 11.5 Å². The van der Waals surface area contributed by atoms with E-state index in [1.165, 1.54) is 18.2 Å². The van der Waals surface area contributed by atoms with Gasteiger partial charge in [0.05, 0.1) is 18.4 Å². The number of nitrogens with one attached hydrogen (secondary N) is 1. The van der Waals surface area contributed by atoms with Crippen molar-refractivity contribution in [3.63, 3.8) is 0 Å². The minimum atomic E-state index is -2.16. The molecule has 1 aromatic rings. The van der Waals surface area contributed by atoms with E-state index in [4.69, 9.17) is 18.9 Å². The van der Waals surface area contributed by atoms with Crippen LogP contribution >= 0.6 is 0 Å². The number of carbonyl (C=O) groups excluding carboxylic acids is 3. The highest BCUT2D eigenvalue weighted by Gasteiger charge is 2.44. The van der Waals surface area contributed by atoms with Gasteiger partial charge >= 0.3 is 24.1 Å². The molecular weight excluding hydrogens is 434 g/mol. The van der Waals surface area contributed by atoms with E-state index in [0.717, 1.165) is 0 Å². The molecule has 0 aliphatic rings. The van der Waals surface area contributed by atoms with Gasteiger partial charge in [-0.05, 0) is 38.5 Å². The van der Waals surface area contributed by atoms with Gasteiger partial charge in [-0.25, -0.2) is 9.59 Å². The van der Waals surface area contributed by atoms with E-state index in [9.17, 15) is 24.3 Å². The maximum absolute atomic E-state index is 12.2. The van der Waals surface area contributed by atoms with Crippen molar-refractivity contribution in [1.29, 1.82) is 0 Å². The van der Waals surface area contributed by atoms with E-state index in [1.807, 2.05) is 0 Å². The van der Waals surface area contributed by atoms with Crippen LogP contribution < -0.4 is 14.8 Å². The van der Waals surface area contributed by atoms with E-state index in [1.54, 1.807) is 48.5 Å². The predicted molar refractivity (Wildman–Crippen MR) is 118 cm³/mol. The van der Waals surface area contributed by atoms with Gasteiger partial charge in [0.2, 0.25) is 0 Å². The van der Waals surface area contributed by atoms with Crippen molar-refractivity contribution in [1.82, 2.24) is 5.32 Å². The maximum atomic E-state index is 12.2. The summed E-state index contributed by atoms with van der Waals surface area (Å²) in [5, 5.41) is 12.7. The number of carbonyl (C=O) groups is 4. The quantitative estimate of drug-likeness (QED) is 0.283. The standard InChI is InChI=1S/C23H33NO9/c1-8-30-22(29)33-23(21(27)28,24-15(6)7)12-16-9-10-17(31-19(25)13(2)3)18(11-16)32-20(26)14(4)5/h9-11,13-15,24H,8,12H2,1-7H3,(H,27,28)/t23-/m0/s1. The van der Waals surface area contributed by atoms with Gasteiger partial charge < -0.3 is 24.1 Å². The lowest BCUT2D eigenvalue weighted by molar-refractivity contribution is -0.166. The first kappa shape index (κ1) is 27.9. The van der Waals surface area contributed by atoms with Crippen molar-refractivity contribution in [3.8, 4) is 11.5 Å². The topological polar surface area (TPSA) is 137 Å². The summed E-state index contributed by atoms with van der Waals surface area (Å²) in [6, 6.07) is 3.88. The number of hydrogen-bond acceptors (Lipinski definition) is 9. The lowest BCUT2D eigenvalue weighted by atomic mass is 10.0. The molecule has 2 N–H and O–H groups in total. The van der Waals surface area contributed by atoms with Gasteiger partial charge in [0.25, 0.3) is 5.72 Å². The highest BCUT2D eigenvalue weighted by Crippen LogP contribution is 2.32. The van der Waals surface area contributed by atoms with E-state index in [-0.39, 0.29) is 30.6 Å². The van der Waals surface area contributed by atoms with Gasteiger partial charge in [-0.1, -0.05) is 33.8 Å². The van der Waals surface area contributed by atoms with Crippen LogP contribution in [-0.4, -0.2) is 47.5 Å². The summed E-state index contributed by atoms with van der Waals surface area (Å²) in [6.07, 6.45) is -1.48. The van der Waals surface area contributed by atoms with E-state index in [0.29, 0.717) is 5.56 Å². The Balaban J connectivity index is 3.43. The molecule has 10 heteroatoms. The smallest absolute Gasteiger partial charge is 0.477 e. The van der Waals surface area contributed by atoms with Crippen LogP contribution in [0.2, 0.25) is 0 Å². The molecule has 0 saturated heterocycles. The number of ether oxygens (including phenoxy) is 4. The third-order valence-electron chi connectivity index (χ3n) is 4.21. The first-order valence-electron chi connectivity index (χ1n) is 10.7. The number of carboxylic acids is 1. The number of benzene rings is 1. The highest BCUT2D eigenvalue weighted by atomic mass is 16.7. The van der Waals surface area contributed by atoms with Crippen molar-refractivity contribution >= 4 is 24.1 Å². The van der Waals surface area contributed by atoms with E-state index >= 15 is 0 Å². The van der Waals surface area contributed by atoms with Gasteiger partial charge in [-0.15, -0.1) is 0 Å². The Kier molecular flexibility index (Phi) is 10.3. The Morgan fingerprint density at radius 2 is 1.48 bits per heavy atom. The van der Waals surface area contributed by atoms with E-state index < -0.39 is 41.6 Å². The van der Waals surface area contributed by atoms with Crippen LogP contribution in [-0.2, 0) is 30.3 Å². The zero-order valence-corrected chi connectivity index (χ0v) is 20.1. The van der Waals surface area contributed by atoms with Crippen LogP contribution in [0.25, 0.3) is 0 Å². The van der Waals surface area contributed by atoms with E-state index in [2.05, 4.69) is 5.32 Å². The molecule has 10 nitrogen and oxygen atoms in total. The number of hydrogen-bond donors (Lipinski definition) is 2. The monoisotopic (exact) mass is 467 g/mol. The van der Waals surface area contributed by atoms with Crippen LogP contribution in [0.3, 0.4) is 0 Å². The Hall–Kier alpha value is -3.14. The molecule has 1 atom stereocenters. The number of rotatable bonds is 11. The summed E-state index contributed by atoms with van der Waals surface area (Å²) in [5.74, 6) is -3.48. The summed E-state index contributed by atoms with van der Waals surface area (Å²) in [5.41, 5.74) is -1.82. The van der Waals surface area contributed by atoms with Crippen LogP contribution in [0.4, 0.5) is 4.79 Å². The average molecular weight is 468 g/mol. The lowest BCUT2D eigenvalue weighted by Crippen LogP contribution is -2.59. The molecule has 0 spiro atoms. The largest absolute Gasteiger partial charge is 0.510 e. The molecule has 0 saturated carbocycles. The van der Waals surface area contributed by atoms with Crippen molar-refractivity contribution < 1.29 is 43.2 Å². The number of aliphatic carboxylic acids is 1. The Bertz CT molecular complexity index is 863. The number of esters is 2. The molecule has 0 bridgehead atoms. The average Bonchev–Trinajstić information content (AvgIpc) is 2.68. The molecule has 0 aliphatic carbocycles. The molecule has 0 amide bonds. The molecule has 0 radical (unpaired) electrons. The van der Waals surface area contributed by atoms with Crippen molar-refractivity contribution in [2.24, 2.45) is 11.8 Å². The summed E-state index contributed by atoms with van der Waals surface area (Å²) in [4.78, 5) is 48.4. The van der Waals surface area contributed by atoms with Crippen molar-refractivity contribution in [2.75, 3.05) is 6.61 Å². The fraction of sp³-hybridized carbons (Fsp3) is 0.565. The third-order valence-corrected chi connectivity index (χ3v) is 4.21.